The van der Waals surface area contributed by atoms with Crippen LogP contribution in [-0.4, -0.2) is 49.3 Å². The zero-order valence-electron chi connectivity index (χ0n) is 11.1. The van der Waals surface area contributed by atoms with Gasteiger partial charge < -0.3 is 4.90 Å². The standard InChI is InChI=1S/C12H24ClNO2S/c1-12(2,3)17(15,16)9-8-14-7-5-11(10-14)4-6-13/h11H,4-10H2,1-3H3. The van der Waals surface area contributed by atoms with Crippen molar-refractivity contribution in [3.63, 3.8) is 0 Å². The lowest BCUT2D eigenvalue weighted by atomic mass is 10.1. The molecular formula is C12H24ClNO2S. The molecule has 3 nitrogen and oxygen atoms in total. The molecule has 1 aliphatic rings. The molecule has 5 heteroatoms. The predicted molar refractivity (Wildman–Crippen MR) is 73.4 cm³/mol. The lowest BCUT2D eigenvalue weighted by Crippen LogP contribution is -2.36. The molecular weight excluding hydrogens is 258 g/mol. The first kappa shape index (κ1) is 15.3. The monoisotopic (exact) mass is 281 g/mol. The number of sulfone groups is 1. The maximum absolute atomic E-state index is 12.0. The second-order valence-corrected chi connectivity index (χ2v) is 9.10. The quantitative estimate of drug-likeness (QED) is 0.725. The molecule has 0 aromatic rings. The van der Waals surface area contributed by atoms with Crippen LogP contribution in [0, 0.1) is 5.92 Å². The highest BCUT2D eigenvalue weighted by Gasteiger charge is 2.30. The maximum atomic E-state index is 12.0. The zero-order chi connectivity index (χ0) is 13.1. The summed E-state index contributed by atoms with van der Waals surface area (Å²) in [5, 5.41) is 0. The molecule has 0 spiro atoms. The van der Waals surface area contributed by atoms with Crippen molar-refractivity contribution in [1.29, 1.82) is 0 Å². The van der Waals surface area contributed by atoms with Gasteiger partial charge in [-0.2, -0.15) is 0 Å². The van der Waals surface area contributed by atoms with Gasteiger partial charge in [0.05, 0.1) is 10.5 Å². The van der Waals surface area contributed by atoms with Gasteiger partial charge in [-0.1, -0.05) is 0 Å². The summed E-state index contributed by atoms with van der Waals surface area (Å²) in [6.07, 6.45) is 2.20. The van der Waals surface area contributed by atoms with Gasteiger partial charge in [0, 0.05) is 19.0 Å². The zero-order valence-corrected chi connectivity index (χ0v) is 12.6. The third kappa shape index (κ3) is 4.42. The molecule has 0 N–H and O–H groups in total. The van der Waals surface area contributed by atoms with Crippen LogP contribution in [0.1, 0.15) is 33.6 Å². The van der Waals surface area contributed by atoms with Crippen molar-refractivity contribution >= 4 is 21.4 Å². The molecule has 0 aliphatic carbocycles. The molecule has 0 radical (unpaired) electrons. The van der Waals surface area contributed by atoms with E-state index in [1.165, 1.54) is 0 Å². The van der Waals surface area contributed by atoms with Gasteiger partial charge in [-0.05, 0) is 46.1 Å². The van der Waals surface area contributed by atoms with Gasteiger partial charge in [0.1, 0.15) is 0 Å². The Kier molecular flexibility index (Phi) is 5.29. The fourth-order valence-electron chi connectivity index (χ4n) is 2.06. The molecule has 0 aromatic carbocycles. The molecule has 17 heavy (non-hydrogen) atoms. The van der Waals surface area contributed by atoms with Crippen molar-refractivity contribution < 1.29 is 8.42 Å². The molecule has 1 saturated heterocycles. The summed E-state index contributed by atoms with van der Waals surface area (Å²) in [5.74, 6) is 1.63. The van der Waals surface area contributed by atoms with E-state index >= 15 is 0 Å². The van der Waals surface area contributed by atoms with Gasteiger partial charge in [-0.15, -0.1) is 11.6 Å². The number of halogens is 1. The minimum atomic E-state index is -2.98. The number of likely N-dealkylation sites (tertiary alicyclic amines) is 1. The lowest BCUT2D eigenvalue weighted by molar-refractivity contribution is 0.340. The second kappa shape index (κ2) is 5.89. The molecule has 1 rings (SSSR count). The Morgan fingerprint density at radius 3 is 2.53 bits per heavy atom. The van der Waals surface area contributed by atoms with E-state index in [1.54, 1.807) is 20.8 Å². The van der Waals surface area contributed by atoms with E-state index in [2.05, 4.69) is 4.90 Å². The summed E-state index contributed by atoms with van der Waals surface area (Å²) in [4.78, 5) is 2.25. The minimum absolute atomic E-state index is 0.268. The normalized spacial score (nSPS) is 23.2. The van der Waals surface area contributed by atoms with Crippen LogP contribution < -0.4 is 0 Å². The smallest absolute Gasteiger partial charge is 0.156 e. The van der Waals surface area contributed by atoms with Gasteiger partial charge in [0.2, 0.25) is 0 Å². The predicted octanol–water partition coefficient (Wildman–Crippen LogP) is 2.15. The van der Waals surface area contributed by atoms with Crippen molar-refractivity contribution in [1.82, 2.24) is 4.90 Å². The van der Waals surface area contributed by atoms with Crippen LogP contribution in [0.25, 0.3) is 0 Å². The average Bonchev–Trinajstić information content (AvgIpc) is 2.62. The molecule has 1 unspecified atom stereocenters. The van der Waals surface area contributed by atoms with E-state index in [-0.39, 0.29) is 5.75 Å². The highest BCUT2D eigenvalue weighted by molar-refractivity contribution is 7.92. The SMILES string of the molecule is CC(C)(C)S(=O)(=O)CCN1CCC(CCCl)C1. The Bertz CT molecular complexity index is 335. The van der Waals surface area contributed by atoms with E-state index in [1.807, 2.05) is 0 Å². The highest BCUT2D eigenvalue weighted by Crippen LogP contribution is 2.21. The first-order chi connectivity index (χ1) is 7.76. The topological polar surface area (TPSA) is 37.4 Å². The highest BCUT2D eigenvalue weighted by atomic mass is 35.5. The molecule has 1 fully saturated rings. The van der Waals surface area contributed by atoms with Crippen LogP contribution in [0.3, 0.4) is 0 Å². The second-order valence-electron chi connectivity index (χ2n) is 5.86. The first-order valence-electron chi connectivity index (χ1n) is 6.27. The number of nitrogens with zero attached hydrogens (tertiary/aromatic N) is 1. The summed E-state index contributed by atoms with van der Waals surface area (Å²) >= 11 is 5.72. The number of hydrogen-bond acceptors (Lipinski definition) is 3. The molecule has 0 aromatic heterocycles. The van der Waals surface area contributed by atoms with E-state index < -0.39 is 14.6 Å². The largest absolute Gasteiger partial charge is 0.302 e. The summed E-state index contributed by atoms with van der Waals surface area (Å²) < 4.78 is 23.3. The van der Waals surface area contributed by atoms with Gasteiger partial charge in [-0.25, -0.2) is 8.42 Å². The molecule has 1 aliphatic heterocycles. The van der Waals surface area contributed by atoms with Gasteiger partial charge >= 0.3 is 0 Å². The van der Waals surface area contributed by atoms with Crippen LogP contribution >= 0.6 is 11.6 Å². The maximum Gasteiger partial charge on any atom is 0.156 e. The molecule has 1 heterocycles. The minimum Gasteiger partial charge on any atom is -0.302 e. The van der Waals surface area contributed by atoms with Gasteiger partial charge in [0.15, 0.2) is 9.84 Å². The lowest BCUT2D eigenvalue weighted by Gasteiger charge is -2.22. The summed E-state index contributed by atoms with van der Waals surface area (Å²) in [5.41, 5.74) is 0. The fraction of sp³-hybridized carbons (Fsp3) is 1.00. The Labute approximate surface area is 110 Å². The third-order valence-corrected chi connectivity index (χ3v) is 6.30. The van der Waals surface area contributed by atoms with Gasteiger partial charge in [0.25, 0.3) is 0 Å². The van der Waals surface area contributed by atoms with Crippen LogP contribution in [-0.2, 0) is 9.84 Å². The van der Waals surface area contributed by atoms with E-state index in [0.717, 1.165) is 25.9 Å². The fourth-order valence-corrected chi connectivity index (χ4v) is 3.48. The van der Waals surface area contributed by atoms with Gasteiger partial charge in [-0.3, -0.25) is 0 Å². The molecule has 0 bridgehead atoms. The van der Waals surface area contributed by atoms with E-state index in [9.17, 15) is 8.42 Å². The Hall–Kier alpha value is 0.200. The third-order valence-electron chi connectivity index (χ3n) is 3.50. The number of hydrogen-bond donors (Lipinski definition) is 0. The molecule has 102 valence electrons. The summed E-state index contributed by atoms with van der Waals surface area (Å²) in [7, 11) is -2.98. The van der Waals surface area contributed by atoms with E-state index in [4.69, 9.17) is 11.6 Å². The van der Waals surface area contributed by atoms with Crippen molar-refractivity contribution in [3.05, 3.63) is 0 Å². The van der Waals surface area contributed by atoms with E-state index in [0.29, 0.717) is 18.3 Å². The van der Waals surface area contributed by atoms with Crippen molar-refractivity contribution in [3.8, 4) is 0 Å². The number of alkyl halides is 1. The Morgan fingerprint density at radius 1 is 1.35 bits per heavy atom. The van der Waals surface area contributed by atoms with Crippen molar-refractivity contribution in [2.24, 2.45) is 5.92 Å². The number of rotatable bonds is 5. The molecule has 0 amide bonds. The Balaban J connectivity index is 2.38. The molecule has 1 atom stereocenters. The van der Waals surface area contributed by atoms with Crippen LogP contribution in [0.4, 0.5) is 0 Å². The summed E-state index contributed by atoms with van der Waals surface area (Å²) in [6.45, 7) is 7.99. The summed E-state index contributed by atoms with van der Waals surface area (Å²) in [6, 6.07) is 0. The van der Waals surface area contributed by atoms with Crippen LogP contribution in [0.5, 0.6) is 0 Å². The average molecular weight is 282 g/mol. The van der Waals surface area contributed by atoms with Crippen molar-refractivity contribution in [2.45, 2.75) is 38.4 Å². The van der Waals surface area contributed by atoms with Crippen molar-refractivity contribution in [2.75, 3.05) is 31.3 Å². The van der Waals surface area contributed by atoms with Crippen LogP contribution in [0.2, 0.25) is 0 Å². The van der Waals surface area contributed by atoms with Crippen LogP contribution in [0.15, 0.2) is 0 Å². The Morgan fingerprint density at radius 2 is 2.00 bits per heavy atom. The first-order valence-corrected chi connectivity index (χ1v) is 8.45. The molecule has 0 saturated carbocycles.